The van der Waals surface area contributed by atoms with Crippen LogP contribution in [0.15, 0.2) is 48.5 Å². The fourth-order valence-corrected chi connectivity index (χ4v) is 2.85. The topological polar surface area (TPSA) is 58.6 Å². The first-order valence-corrected chi connectivity index (χ1v) is 8.17. The van der Waals surface area contributed by atoms with E-state index in [2.05, 4.69) is 5.32 Å². The molecule has 0 spiro atoms. The Kier molecular flexibility index (Phi) is 4.97. The SMILES string of the molecule is CCOc1ccccc1N1C[C@H](C(=O)Nc2ccc(F)cc2)CC1=O. The summed E-state index contributed by atoms with van der Waals surface area (Å²) in [6, 6.07) is 12.8. The van der Waals surface area contributed by atoms with Crippen molar-refractivity contribution in [1.29, 1.82) is 0 Å². The molecule has 1 N–H and O–H groups in total. The molecule has 0 bridgehead atoms. The Morgan fingerprint density at radius 2 is 1.96 bits per heavy atom. The van der Waals surface area contributed by atoms with Gasteiger partial charge in [0.15, 0.2) is 0 Å². The van der Waals surface area contributed by atoms with Crippen molar-refractivity contribution < 1.29 is 18.7 Å². The molecule has 130 valence electrons. The molecule has 2 aromatic carbocycles. The van der Waals surface area contributed by atoms with Gasteiger partial charge in [-0.3, -0.25) is 9.59 Å². The Hall–Kier alpha value is -2.89. The number of nitrogens with one attached hydrogen (secondary N) is 1. The van der Waals surface area contributed by atoms with Gasteiger partial charge in [0.2, 0.25) is 11.8 Å². The van der Waals surface area contributed by atoms with Gasteiger partial charge in [-0.05, 0) is 43.3 Å². The summed E-state index contributed by atoms with van der Waals surface area (Å²) in [6.45, 7) is 2.66. The lowest BCUT2D eigenvalue weighted by molar-refractivity contribution is -0.122. The second-order valence-electron chi connectivity index (χ2n) is 5.80. The van der Waals surface area contributed by atoms with Gasteiger partial charge < -0.3 is 15.0 Å². The largest absolute Gasteiger partial charge is 0.492 e. The fourth-order valence-electron chi connectivity index (χ4n) is 2.85. The average Bonchev–Trinajstić information content (AvgIpc) is 2.99. The number of nitrogens with zero attached hydrogens (tertiary/aromatic N) is 1. The molecule has 1 aliphatic heterocycles. The number of hydrogen-bond donors (Lipinski definition) is 1. The van der Waals surface area contributed by atoms with Gasteiger partial charge in [-0.1, -0.05) is 12.1 Å². The number of ether oxygens (including phenoxy) is 1. The molecule has 1 heterocycles. The van der Waals surface area contributed by atoms with Crippen molar-refractivity contribution >= 4 is 23.2 Å². The van der Waals surface area contributed by atoms with E-state index in [0.717, 1.165) is 0 Å². The Morgan fingerprint density at radius 1 is 1.24 bits per heavy atom. The van der Waals surface area contributed by atoms with Gasteiger partial charge in [0.25, 0.3) is 0 Å². The maximum atomic E-state index is 12.9. The van der Waals surface area contributed by atoms with Crippen molar-refractivity contribution in [2.75, 3.05) is 23.4 Å². The molecule has 0 aromatic heterocycles. The normalized spacial score (nSPS) is 16.8. The molecule has 1 saturated heterocycles. The maximum Gasteiger partial charge on any atom is 0.229 e. The van der Waals surface area contributed by atoms with Gasteiger partial charge in [0.1, 0.15) is 11.6 Å². The maximum absolute atomic E-state index is 12.9. The van der Waals surface area contributed by atoms with Crippen LogP contribution in [-0.2, 0) is 9.59 Å². The van der Waals surface area contributed by atoms with Crippen LogP contribution in [0.3, 0.4) is 0 Å². The first-order chi connectivity index (χ1) is 12.1. The first-order valence-electron chi connectivity index (χ1n) is 8.17. The molecule has 0 radical (unpaired) electrons. The highest BCUT2D eigenvalue weighted by molar-refractivity contribution is 6.04. The van der Waals surface area contributed by atoms with Crippen LogP contribution in [-0.4, -0.2) is 25.0 Å². The van der Waals surface area contributed by atoms with Crippen molar-refractivity contribution in [2.45, 2.75) is 13.3 Å². The minimum absolute atomic E-state index is 0.119. The molecule has 0 saturated carbocycles. The number of hydrogen-bond acceptors (Lipinski definition) is 3. The summed E-state index contributed by atoms with van der Waals surface area (Å²) in [7, 11) is 0. The summed E-state index contributed by atoms with van der Waals surface area (Å²) in [4.78, 5) is 26.4. The van der Waals surface area contributed by atoms with Gasteiger partial charge in [-0.25, -0.2) is 4.39 Å². The predicted octanol–water partition coefficient (Wildman–Crippen LogP) is 3.22. The zero-order valence-corrected chi connectivity index (χ0v) is 13.9. The molecule has 6 heteroatoms. The third kappa shape index (κ3) is 3.79. The van der Waals surface area contributed by atoms with Crippen LogP contribution in [0.4, 0.5) is 15.8 Å². The lowest BCUT2D eigenvalue weighted by Crippen LogP contribution is -2.28. The van der Waals surface area contributed by atoms with Crippen LogP contribution in [0.1, 0.15) is 13.3 Å². The minimum atomic E-state index is -0.466. The lowest BCUT2D eigenvalue weighted by Gasteiger charge is -2.20. The van der Waals surface area contributed by atoms with Gasteiger partial charge in [-0.2, -0.15) is 0 Å². The van der Waals surface area contributed by atoms with Crippen molar-refractivity contribution in [1.82, 2.24) is 0 Å². The van der Waals surface area contributed by atoms with Crippen molar-refractivity contribution in [3.63, 3.8) is 0 Å². The highest BCUT2D eigenvalue weighted by Crippen LogP contribution is 2.33. The van der Waals surface area contributed by atoms with Crippen LogP contribution in [0.25, 0.3) is 0 Å². The van der Waals surface area contributed by atoms with E-state index < -0.39 is 5.92 Å². The van der Waals surface area contributed by atoms with Gasteiger partial charge in [-0.15, -0.1) is 0 Å². The molecule has 1 atom stereocenters. The summed E-state index contributed by atoms with van der Waals surface area (Å²) >= 11 is 0. The Balaban J connectivity index is 1.72. The molecule has 1 fully saturated rings. The molecule has 2 aromatic rings. The number of benzene rings is 2. The second-order valence-corrected chi connectivity index (χ2v) is 5.80. The molecule has 5 nitrogen and oxygen atoms in total. The molecular formula is C19H19FN2O3. The van der Waals surface area contributed by atoms with Crippen LogP contribution >= 0.6 is 0 Å². The molecule has 0 aliphatic carbocycles. The second kappa shape index (κ2) is 7.34. The van der Waals surface area contributed by atoms with Crippen LogP contribution in [0.2, 0.25) is 0 Å². The van der Waals surface area contributed by atoms with Gasteiger partial charge in [0, 0.05) is 18.7 Å². The molecule has 0 unspecified atom stereocenters. The van der Waals surface area contributed by atoms with Crippen molar-refractivity contribution in [3.05, 3.63) is 54.3 Å². The number of halogens is 1. The third-order valence-electron chi connectivity index (χ3n) is 4.06. The molecule has 3 rings (SSSR count). The van der Waals surface area contributed by atoms with Crippen LogP contribution in [0.5, 0.6) is 5.75 Å². The minimum Gasteiger partial charge on any atom is -0.492 e. The Bertz CT molecular complexity index is 776. The number of para-hydroxylation sites is 2. The molecule has 1 aliphatic rings. The van der Waals surface area contributed by atoms with E-state index >= 15 is 0 Å². The third-order valence-corrected chi connectivity index (χ3v) is 4.06. The van der Waals surface area contributed by atoms with E-state index in [1.54, 1.807) is 11.0 Å². The van der Waals surface area contributed by atoms with Crippen LogP contribution in [0, 0.1) is 11.7 Å². The number of amides is 2. The quantitative estimate of drug-likeness (QED) is 0.908. The summed E-state index contributed by atoms with van der Waals surface area (Å²) in [5.74, 6) is -0.583. The number of rotatable bonds is 5. The van der Waals surface area contributed by atoms with Crippen LogP contribution < -0.4 is 15.0 Å². The predicted molar refractivity (Wildman–Crippen MR) is 93.1 cm³/mol. The molecule has 2 amide bonds. The van der Waals surface area contributed by atoms with E-state index in [9.17, 15) is 14.0 Å². The summed E-state index contributed by atoms with van der Waals surface area (Å²) < 4.78 is 18.5. The average molecular weight is 342 g/mol. The highest BCUT2D eigenvalue weighted by Gasteiger charge is 2.36. The fraction of sp³-hybridized carbons (Fsp3) is 0.263. The lowest BCUT2D eigenvalue weighted by atomic mass is 10.1. The number of carbonyl (C=O) groups excluding carboxylic acids is 2. The highest BCUT2D eigenvalue weighted by atomic mass is 19.1. The van der Waals surface area contributed by atoms with Gasteiger partial charge in [0.05, 0.1) is 18.2 Å². The Labute approximate surface area is 145 Å². The summed E-state index contributed by atoms with van der Waals surface area (Å²) in [6.07, 6.45) is 0.132. The van der Waals surface area contributed by atoms with E-state index in [0.29, 0.717) is 23.7 Å². The summed E-state index contributed by atoms with van der Waals surface area (Å²) in [5, 5.41) is 2.73. The molecular weight excluding hydrogens is 323 g/mol. The zero-order chi connectivity index (χ0) is 17.8. The van der Waals surface area contributed by atoms with E-state index in [-0.39, 0.29) is 30.6 Å². The van der Waals surface area contributed by atoms with E-state index in [1.807, 2.05) is 25.1 Å². The first kappa shape index (κ1) is 17.0. The van der Waals surface area contributed by atoms with Crippen molar-refractivity contribution in [3.8, 4) is 5.75 Å². The Morgan fingerprint density at radius 3 is 2.68 bits per heavy atom. The number of anilines is 2. The van der Waals surface area contributed by atoms with Crippen molar-refractivity contribution in [2.24, 2.45) is 5.92 Å². The molecule has 25 heavy (non-hydrogen) atoms. The number of carbonyl (C=O) groups is 2. The summed E-state index contributed by atoms with van der Waals surface area (Å²) in [5.41, 5.74) is 1.18. The monoisotopic (exact) mass is 342 g/mol. The zero-order valence-electron chi connectivity index (χ0n) is 13.9. The smallest absolute Gasteiger partial charge is 0.229 e. The van der Waals surface area contributed by atoms with E-state index in [4.69, 9.17) is 4.74 Å². The van der Waals surface area contributed by atoms with Gasteiger partial charge >= 0.3 is 0 Å². The standard InChI is InChI=1S/C19H19FN2O3/c1-2-25-17-6-4-3-5-16(17)22-12-13(11-18(22)23)19(24)21-15-9-7-14(20)8-10-15/h3-10,13H,2,11-12H2,1H3,(H,21,24)/t13-/m1/s1. The van der Waals surface area contributed by atoms with E-state index in [1.165, 1.54) is 24.3 Å².